The maximum atomic E-state index is 11.1. The number of rotatable bonds is 5. The van der Waals surface area contributed by atoms with E-state index < -0.39 is 61.9 Å². The summed E-state index contributed by atoms with van der Waals surface area (Å²) in [5.41, 5.74) is 0.502. The second-order valence-electron chi connectivity index (χ2n) is 18.3. The Morgan fingerprint density at radius 3 is 2.24 bits per heavy atom. The minimum absolute atomic E-state index is 0.156. The van der Waals surface area contributed by atoms with E-state index in [0.717, 1.165) is 45.1 Å². The monoisotopic (exact) mass is 710 g/mol. The second kappa shape index (κ2) is 13.4. The molecule has 4 aliphatic carbocycles. The largest absolute Gasteiger partial charge is 0.394 e. The van der Waals surface area contributed by atoms with Gasteiger partial charge >= 0.3 is 0 Å². The van der Waals surface area contributed by atoms with Gasteiger partial charge in [0.15, 0.2) is 18.4 Å². The average Bonchev–Trinajstić information content (AvgIpc) is 3.55. The third-order valence-electron chi connectivity index (χ3n) is 15.8. The van der Waals surface area contributed by atoms with Crippen molar-refractivity contribution < 1.29 is 59.1 Å². The molecule has 8 fully saturated rings. The zero-order valence-electron chi connectivity index (χ0n) is 30.2. The van der Waals surface area contributed by atoms with Gasteiger partial charge in [-0.25, -0.2) is 0 Å². The van der Waals surface area contributed by atoms with Gasteiger partial charge in [0.05, 0.1) is 32.0 Å². The van der Waals surface area contributed by atoms with Crippen LogP contribution >= 0.6 is 0 Å². The van der Waals surface area contributed by atoms with Crippen molar-refractivity contribution in [3.05, 3.63) is 0 Å². The van der Waals surface area contributed by atoms with Gasteiger partial charge in [-0.15, -0.1) is 0 Å². The average molecular weight is 711 g/mol. The van der Waals surface area contributed by atoms with Gasteiger partial charge in [-0.2, -0.15) is 0 Å². The molecule has 8 aliphatic rings. The Labute approximate surface area is 296 Å². The van der Waals surface area contributed by atoms with Crippen LogP contribution < -0.4 is 0 Å². The first kappa shape index (κ1) is 36.5. The maximum Gasteiger partial charge on any atom is 0.186 e. The summed E-state index contributed by atoms with van der Waals surface area (Å²) < 4.78 is 36.9. The molecule has 0 aromatic rings. The third-order valence-corrected chi connectivity index (χ3v) is 15.8. The molecule has 0 aromatic carbocycles. The van der Waals surface area contributed by atoms with Crippen molar-refractivity contribution >= 4 is 0 Å². The lowest BCUT2D eigenvalue weighted by molar-refractivity contribution is -0.354. The molecule has 6 N–H and O–H groups in total. The lowest BCUT2D eigenvalue weighted by Crippen LogP contribution is -2.63. The van der Waals surface area contributed by atoms with E-state index in [9.17, 15) is 30.6 Å². The first-order valence-electron chi connectivity index (χ1n) is 19.7. The Balaban J connectivity index is 0.894. The molecule has 4 saturated carbocycles. The molecule has 0 bridgehead atoms. The van der Waals surface area contributed by atoms with Crippen LogP contribution in [0.4, 0.5) is 0 Å². The van der Waals surface area contributed by atoms with Crippen molar-refractivity contribution in [1.82, 2.24) is 0 Å². The van der Waals surface area contributed by atoms with E-state index in [-0.39, 0.29) is 29.3 Å². The van der Waals surface area contributed by atoms with Crippen molar-refractivity contribution in [2.45, 2.75) is 165 Å². The zero-order valence-corrected chi connectivity index (χ0v) is 30.2. The van der Waals surface area contributed by atoms with Crippen LogP contribution in [0, 0.1) is 52.3 Å². The molecule has 8 rings (SSSR count). The molecule has 0 aromatic heterocycles. The summed E-state index contributed by atoms with van der Waals surface area (Å²) in [6.07, 6.45) is -1.12. The van der Waals surface area contributed by atoms with E-state index in [1.165, 1.54) is 25.7 Å². The second-order valence-corrected chi connectivity index (χ2v) is 18.3. The van der Waals surface area contributed by atoms with Crippen LogP contribution in [0.3, 0.4) is 0 Å². The highest BCUT2D eigenvalue weighted by atomic mass is 16.7. The summed E-state index contributed by atoms with van der Waals surface area (Å²) in [7, 11) is 0. The standard InChI is InChI=1S/C38H62O12/c1-18-7-12-38(46-16-18)19(2)28-26(50-38)14-24-22-6-5-20-13-21(8-10-36(20,3)23(22)9-11-37(24,28)4)47-35-32(44)30(42)33(27(15-39)48-35)49-34-31(43)29(41)25(40)17-45-34/h18-35,39-44H,5-17H2,1-4H3/t18?,19-,20?,21-,22+,23-,24-,25+,26-,27+,28-,29-,30+,31+,32+,33+,34-,35+,36-,37-,38+/m0/s1. The van der Waals surface area contributed by atoms with E-state index >= 15 is 0 Å². The lowest BCUT2D eigenvalue weighted by atomic mass is 9.44. The SMILES string of the molecule is CC1CC[C@@]2(OC1)O[C@H]1C[C@H]3[C@@H]4CCC5C[C@@H](O[C@@H]6O[C@H](CO)[C@@H](O[C@@H]7OC[C@@H](O)[C@H](O)[C@H]7O)[C@H](O)[C@H]6O)CC[C@]5(C)[C@H]4CC[C@]3(C)[C@H]1[C@@H]2C. The van der Waals surface area contributed by atoms with Gasteiger partial charge in [-0.05, 0) is 104 Å². The summed E-state index contributed by atoms with van der Waals surface area (Å²) in [4.78, 5) is 0. The molecule has 12 heteroatoms. The van der Waals surface area contributed by atoms with Gasteiger partial charge in [0.1, 0.15) is 42.7 Å². The number of aliphatic hydroxyl groups is 6. The van der Waals surface area contributed by atoms with E-state index in [2.05, 4.69) is 27.7 Å². The quantitative estimate of drug-likeness (QED) is 0.230. The number of hydrogen-bond donors (Lipinski definition) is 6. The predicted molar refractivity (Wildman–Crippen MR) is 177 cm³/mol. The Morgan fingerprint density at radius 2 is 1.50 bits per heavy atom. The van der Waals surface area contributed by atoms with Crippen molar-refractivity contribution in [3.8, 4) is 0 Å². The van der Waals surface area contributed by atoms with Crippen LogP contribution in [0.5, 0.6) is 0 Å². The molecular formula is C38H62O12. The topological polar surface area (TPSA) is 177 Å². The lowest BCUT2D eigenvalue weighted by Gasteiger charge is -2.61. The van der Waals surface area contributed by atoms with E-state index in [1.54, 1.807) is 0 Å². The Kier molecular flexibility index (Phi) is 9.76. The van der Waals surface area contributed by atoms with Gasteiger partial charge in [-0.1, -0.05) is 27.7 Å². The van der Waals surface area contributed by atoms with Crippen LogP contribution in [0.15, 0.2) is 0 Å². The fourth-order valence-corrected chi connectivity index (χ4v) is 12.9. The highest BCUT2D eigenvalue weighted by molar-refractivity contribution is 5.15. The van der Waals surface area contributed by atoms with Crippen LogP contribution in [0.25, 0.3) is 0 Å². The van der Waals surface area contributed by atoms with Crippen molar-refractivity contribution in [3.63, 3.8) is 0 Å². The van der Waals surface area contributed by atoms with Gasteiger partial charge in [0.25, 0.3) is 0 Å². The summed E-state index contributed by atoms with van der Waals surface area (Å²) in [6.45, 7) is 9.79. The minimum atomic E-state index is -1.58. The first-order chi connectivity index (χ1) is 23.8. The molecule has 0 amide bonds. The molecule has 286 valence electrons. The van der Waals surface area contributed by atoms with E-state index in [1.807, 2.05) is 0 Å². The van der Waals surface area contributed by atoms with Crippen LogP contribution in [0.1, 0.15) is 91.9 Å². The molecule has 12 nitrogen and oxygen atoms in total. The van der Waals surface area contributed by atoms with Gasteiger partial charge < -0.3 is 59.1 Å². The molecule has 4 aliphatic heterocycles. The number of hydrogen-bond acceptors (Lipinski definition) is 12. The Morgan fingerprint density at radius 1 is 0.740 bits per heavy atom. The Bertz CT molecular complexity index is 1210. The number of fused-ring (bicyclic) bond motifs is 7. The van der Waals surface area contributed by atoms with Gasteiger partial charge in [0.2, 0.25) is 0 Å². The highest BCUT2D eigenvalue weighted by Crippen LogP contribution is 2.71. The molecule has 4 heterocycles. The van der Waals surface area contributed by atoms with E-state index in [0.29, 0.717) is 47.5 Å². The first-order valence-corrected chi connectivity index (χ1v) is 19.7. The summed E-state index contributed by atoms with van der Waals surface area (Å²) in [5, 5.41) is 62.4. The molecular weight excluding hydrogens is 648 g/mol. The normalized spacial score (nSPS) is 59.4. The molecule has 4 saturated heterocycles. The van der Waals surface area contributed by atoms with Crippen molar-refractivity contribution in [2.24, 2.45) is 52.3 Å². The van der Waals surface area contributed by atoms with Gasteiger partial charge in [-0.3, -0.25) is 0 Å². The minimum Gasteiger partial charge on any atom is -0.394 e. The molecule has 21 atom stereocenters. The van der Waals surface area contributed by atoms with Crippen LogP contribution in [0.2, 0.25) is 0 Å². The highest BCUT2D eigenvalue weighted by Gasteiger charge is 2.69. The smallest absolute Gasteiger partial charge is 0.186 e. The summed E-state index contributed by atoms with van der Waals surface area (Å²) in [5.74, 6) is 3.74. The number of aliphatic hydroxyl groups excluding tert-OH is 6. The van der Waals surface area contributed by atoms with Crippen LogP contribution in [-0.4, -0.2) is 124 Å². The van der Waals surface area contributed by atoms with Crippen LogP contribution in [-0.2, 0) is 28.4 Å². The summed E-state index contributed by atoms with van der Waals surface area (Å²) >= 11 is 0. The van der Waals surface area contributed by atoms with Crippen molar-refractivity contribution in [1.29, 1.82) is 0 Å². The number of ether oxygens (including phenoxy) is 6. The zero-order chi connectivity index (χ0) is 35.3. The van der Waals surface area contributed by atoms with E-state index in [4.69, 9.17) is 28.4 Å². The molecule has 2 unspecified atom stereocenters. The molecule has 1 spiro atoms. The molecule has 50 heavy (non-hydrogen) atoms. The molecule has 0 radical (unpaired) electrons. The van der Waals surface area contributed by atoms with Crippen molar-refractivity contribution in [2.75, 3.05) is 19.8 Å². The summed E-state index contributed by atoms with van der Waals surface area (Å²) in [6, 6.07) is 0. The fraction of sp³-hybridized carbons (Fsp3) is 1.00. The van der Waals surface area contributed by atoms with Gasteiger partial charge in [0, 0.05) is 12.3 Å². The maximum absolute atomic E-state index is 11.1. The predicted octanol–water partition coefficient (Wildman–Crippen LogP) is 2.08. The fourth-order valence-electron chi connectivity index (χ4n) is 12.9. The third kappa shape index (κ3) is 5.68. The Hall–Kier alpha value is -0.480.